The summed E-state index contributed by atoms with van der Waals surface area (Å²) in [6, 6.07) is 7.65. The maximum absolute atomic E-state index is 11.8. The molecule has 0 aromatic heterocycles. The lowest BCUT2D eigenvalue weighted by molar-refractivity contribution is -0.128. The van der Waals surface area contributed by atoms with Gasteiger partial charge in [-0.15, -0.1) is 0 Å². The maximum atomic E-state index is 11.8. The fourth-order valence-corrected chi connectivity index (χ4v) is 3.56. The molecule has 0 radical (unpaired) electrons. The van der Waals surface area contributed by atoms with Gasteiger partial charge in [0.25, 0.3) is 0 Å². The van der Waals surface area contributed by atoms with Crippen molar-refractivity contribution in [1.29, 1.82) is 0 Å². The van der Waals surface area contributed by atoms with E-state index in [4.69, 9.17) is 0 Å². The molecule has 0 saturated heterocycles. The van der Waals surface area contributed by atoms with Gasteiger partial charge < -0.3 is 15.1 Å². The van der Waals surface area contributed by atoms with Gasteiger partial charge in [0.2, 0.25) is 5.91 Å². The molecular formula is C25H33NO3. The van der Waals surface area contributed by atoms with E-state index >= 15 is 0 Å². The first-order chi connectivity index (χ1) is 13.7. The molecule has 0 saturated carbocycles. The number of unbranched alkanes of at least 4 members (excludes halogenated alkanes) is 2. The summed E-state index contributed by atoms with van der Waals surface area (Å²) in [5.74, 6) is 0.0192. The molecule has 0 heterocycles. The summed E-state index contributed by atoms with van der Waals surface area (Å²) >= 11 is 0. The van der Waals surface area contributed by atoms with Gasteiger partial charge in [-0.3, -0.25) is 4.79 Å². The summed E-state index contributed by atoms with van der Waals surface area (Å²) in [4.78, 5) is 13.4. The van der Waals surface area contributed by atoms with Crippen LogP contribution in [0, 0.1) is 6.92 Å². The second-order valence-electron chi connectivity index (χ2n) is 7.92. The third-order valence-electron chi connectivity index (χ3n) is 5.36. The molecule has 0 aliphatic rings. The molecule has 0 unspecified atom stereocenters. The van der Waals surface area contributed by atoms with Gasteiger partial charge in [0, 0.05) is 26.1 Å². The molecule has 1 amide bonds. The first kappa shape index (κ1) is 22.5. The largest absolute Gasteiger partial charge is 0.507 e. The van der Waals surface area contributed by atoms with Crippen molar-refractivity contribution in [3.8, 4) is 22.6 Å². The quantitative estimate of drug-likeness (QED) is 0.554. The van der Waals surface area contributed by atoms with Gasteiger partial charge in [0.15, 0.2) is 0 Å². The number of amides is 1. The molecular weight excluding hydrogens is 362 g/mol. The van der Waals surface area contributed by atoms with Gasteiger partial charge in [-0.05, 0) is 49.4 Å². The van der Waals surface area contributed by atoms with Crippen LogP contribution in [-0.2, 0) is 17.8 Å². The first-order valence-electron chi connectivity index (χ1n) is 10.2. The van der Waals surface area contributed by atoms with Crippen molar-refractivity contribution in [2.75, 3.05) is 7.05 Å². The van der Waals surface area contributed by atoms with Crippen molar-refractivity contribution < 1.29 is 15.0 Å². The second kappa shape index (κ2) is 9.64. The molecule has 156 valence electrons. The number of aryl methyl sites for hydroxylation is 2. The Balaban J connectivity index is 2.70. The van der Waals surface area contributed by atoms with E-state index in [0.717, 1.165) is 53.5 Å². The van der Waals surface area contributed by atoms with Gasteiger partial charge >= 0.3 is 0 Å². The normalized spacial score (nSPS) is 10.8. The Morgan fingerprint density at radius 2 is 1.83 bits per heavy atom. The Labute approximate surface area is 174 Å². The lowest BCUT2D eigenvalue weighted by Crippen LogP contribution is -2.24. The van der Waals surface area contributed by atoms with Crippen molar-refractivity contribution in [3.63, 3.8) is 0 Å². The lowest BCUT2D eigenvalue weighted by Gasteiger charge is -2.22. The summed E-state index contributed by atoms with van der Waals surface area (Å²) in [6.45, 7) is 11.9. The number of benzene rings is 2. The fraction of sp³-hybridized carbons (Fsp3) is 0.400. The second-order valence-corrected chi connectivity index (χ2v) is 7.92. The highest BCUT2D eigenvalue weighted by Crippen LogP contribution is 2.45. The van der Waals surface area contributed by atoms with Crippen LogP contribution in [0.4, 0.5) is 0 Å². The molecule has 0 aliphatic heterocycles. The van der Waals surface area contributed by atoms with Crippen LogP contribution in [0.1, 0.15) is 62.3 Å². The van der Waals surface area contributed by atoms with Crippen molar-refractivity contribution in [3.05, 3.63) is 53.1 Å². The summed E-state index contributed by atoms with van der Waals surface area (Å²) in [6.07, 6.45) is 3.87. The minimum absolute atomic E-state index is 0.0395. The first-order valence-corrected chi connectivity index (χ1v) is 10.2. The highest BCUT2D eigenvalue weighted by molar-refractivity contribution is 5.87. The number of carbonyl (C=O) groups is 1. The highest BCUT2D eigenvalue weighted by atomic mass is 16.3. The van der Waals surface area contributed by atoms with Crippen LogP contribution in [0.3, 0.4) is 0 Å². The van der Waals surface area contributed by atoms with E-state index in [1.807, 2.05) is 32.0 Å². The number of nitrogens with zero attached hydrogens (tertiary/aromatic N) is 1. The number of phenolic OH excluding ortho intramolecular Hbond substituents is 2. The molecule has 2 aromatic rings. The number of allylic oxidation sites excluding steroid dienone is 1. The Morgan fingerprint density at radius 3 is 2.41 bits per heavy atom. The summed E-state index contributed by atoms with van der Waals surface area (Å²) < 4.78 is 0. The number of aromatic hydroxyl groups is 2. The van der Waals surface area contributed by atoms with E-state index in [0.29, 0.717) is 17.7 Å². The molecule has 4 heteroatoms. The third kappa shape index (κ3) is 5.20. The molecule has 0 fully saturated rings. The van der Waals surface area contributed by atoms with Crippen molar-refractivity contribution in [1.82, 2.24) is 4.90 Å². The van der Waals surface area contributed by atoms with Crippen molar-refractivity contribution in [2.24, 2.45) is 0 Å². The average Bonchev–Trinajstić information content (AvgIpc) is 2.64. The van der Waals surface area contributed by atoms with Crippen LogP contribution < -0.4 is 0 Å². The highest BCUT2D eigenvalue weighted by Gasteiger charge is 2.22. The summed E-state index contributed by atoms with van der Waals surface area (Å²) in [5, 5.41) is 22.1. The Morgan fingerprint density at radius 1 is 1.14 bits per heavy atom. The zero-order valence-corrected chi connectivity index (χ0v) is 18.3. The number of phenols is 2. The zero-order valence-electron chi connectivity index (χ0n) is 18.3. The molecule has 0 spiro atoms. The molecule has 2 rings (SSSR count). The molecule has 2 N–H and O–H groups in total. The van der Waals surface area contributed by atoms with Gasteiger partial charge in [-0.25, -0.2) is 0 Å². The molecule has 0 atom stereocenters. The molecule has 0 aliphatic carbocycles. The van der Waals surface area contributed by atoms with E-state index in [1.54, 1.807) is 18.0 Å². The number of hydrogen-bond acceptors (Lipinski definition) is 3. The van der Waals surface area contributed by atoms with Gasteiger partial charge in [0.1, 0.15) is 11.5 Å². The average molecular weight is 396 g/mol. The SMILES string of the molecule is C=C(C)c1ccc(C)cc1-c1c(O)cc(CCCCC)c(CN(C)C(C)=O)c1O. The fourth-order valence-electron chi connectivity index (χ4n) is 3.56. The predicted molar refractivity (Wildman–Crippen MR) is 120 cm³/mol. The van der Waals surface area contributed by atoms with Crippen LogP contribution in [0.5, 0.6) is 11.5 Å². The minimum Gasteiger partial charge on any atom is -0.507 e. The third-order valence-corrected chi connectivity index (χ3v) is 5.36. The van der Waals surface area contributed by atoms with E-state index in [1.165, 1.54) is 6.92 Å². The van der Waals surface area contributed by atoms with Crippen molar-refractivity contribution >= 4 is 11.5 Å². The summed E-state index contributed by atoms with van der Waals surface area (Å²) in [5.41, 5.74) is 5.49. The molecule has 0 bridgehead atoms. The summed E-state index contributed by atoms with van der Waals surface area (Å²) in [7, 11) is 1.72. The van der Waals surface area contributed by atoms with Crippen LogP contribution >= 0.6 is 0 Å². The van der Waals surface area contributed by atoms with Gasteiger partial charge in [0.05, 0.1) is 5.56 Å². The molecule has 4 nitrogen and oxygen atoms in total. The zero-order chi connectivity index (χ0) is 21.7. The number of carbonyl (C=O) groups excluding carboxylic acids is 1. The Hall–Kier alpha value is -2.75. The van der Waals surface area contributed by atoms with Gasteiger partial charge in [-0.1, -0.05) is 55.7 Å². The minimum atomic E-state index is -0.0725. The number of rotatable bonds is 8. The van der Waals surface area contributed by atoms with E-state index in [-0.39, 0.29) is 17.4 Å². The monoisotopic (exact) mass is 395 g/mol. The lowest BCUT2D eigenvalue weighted by atomic mass is 9.89. The molecule has 29 heavy (non-hydrogen) atoms. The Kier molecular flexibility index (Phi) is 7.49. The number of hydrogen-bond donors (Lipinski definition) is 2. The van der Waals surface area contributed by atoms with Crippen LogP contribution in [-0.4, -0.2) is 28.1 Å². The van der Waals surface area contributed by atoms with E-state index in [2.05, 4.69) is 13.5 Å². The van der Waals surface area contributed by atoms with Gasteiger partial charge in [-0.2, -0.15) is 0 Å². The maximum Gasteiger partial charge on any atom is 0.219 e. The van der Waals surface area contributed by atoms with E-state index < -0.39 is 0 Å². The van der Waals surface area contributed by atoms with Crippen LogP contribution in [0.2, 0.25) is 0 Å². The predicted octanol–water partition coefficient (Wildman–Crippen LogP) is 5.82. The van der Waals surface area contributed by atoms with Crippen molar-refractivity contribution in [2.45, 2.75) is 59.9 Å². The molecule has 2 aromatic carbocycles. The smallest absolute Gasteiger partial charge is 0.219 e. The van der Waals surface area contributed by atoms with Crippen LogP contribution in [0.25, 0.3) is 16.7 Å². The Bertz CT molecular complexity index is 915. The topological polar surface area (TPSA) is 60.8 Å². The standard InChI is InChI=1S/C25H33NO3/c1-7-8-9-10-19-14-23(28)24(25(29)22(19)15-26(6)18(5)27)21-13-17(4)11-12-20(21)16(2)3/h11-14,28-29H,2,7-10,15H2,1,3-6H3. The van der Waals surface area contributed by atoms with Crippen LogP contribution in [0.15, 0.2) is 30.8 Å². The van der Waals surface area contributed by atoms with E-state index in [9.17, 15) is 15.0 Å².